The highest BCUT2D eigenvalue weighted by molar-refractivity contribution is 7.99. The first kappa shape index (κ1) is 21.1. The van der Waals surface area contributed by atoms with Crippen LogP contribution < -0.4 is 20.1 Å². The van der Waals surface area contributed by atoms with Gasteiger partial charge in [0, 0.05) is 33.6 Å². The van der Waals surface area contributed by atoms with Crippen LogP contribution in [0.5, 0.6) is 11.5 Å². The van der Waals surface area contributed by atoms with Gasteiger partial charge in [0.15, 0.2) is 11.5 Å². The maximum Gasteiger partial charge on any atom is 0.323 e. The van der Waals surface area contributed by atoms with Crippen LogP contribution in [-0.2, 0) is 6.42 Å². The molecule has 5 rings (SSSR count). The van der Waals surface area contributed by atoms with Crippen LogP contribution in [0.1, 0.15) is 18.2 Å². The summed E-state index contributed by atoms with van der Waals surface area (Å²) < 4.78 is 12.8. The number of carbonyl (C=O) groups is 1. The third-order valence-corrected chi connectivity index (χ3v) is 6.29. The lowest BCUT2D eigenvalue weighted by Gasteiger charge is -2.19. The van der Waals surface area contributed by atoms with E-state index in [0.717, 1.165) is 27.6 Å². The molecule has 0 saturated carbocycles. The quantitative estimate of drug-likeness (QED) is 0.419. The van der Waals surface area contributed by atoms with Gasteiger partial charge in [-0.1, -0.05) is 18.7 Å². The Morgan fingerprint density at radius 3 is 2.58 bits per heavy atom. The largest absolute Gasteiger partial charge is 0.486 e. The van der Waals surface area contributed by atoms with Gasteiger partial charge in [0.05, 0.1) is 0 Å². The van der Waals surface area contributed by atoms with E-state index in [-0.39, 0.29) is 6.03 Å². The van der Waals surface area contributed by atoms with E-state index < -0.39 is 0 Å². The van der Waals surface area contributed by atoms with Gasteiger partial charge in [-0.2, -0.15) is 14.6 Å². The van der Waals surface area contributed by atoms with Crippen molar-refractivity contribution in [3.63, 3.8) is 0 Å². The summed E-state index contributed by atoms with van der Waals surface area (Å²) in [6, 6.07) is 12.6. The van der Waals surface area contributed by atoms with Crippen molar-refractivity contribution in [3.05, 3.63) is 60.0 Å². The van der Waals surface area contributed by atoms with Gasteiger partial charge >= 0.3 is 6.03 Å². The van der Waals surface area contributed by atoms with Crippen LogP contribution in [0.15, 0.2) is 58.7 Å². The normalized spacial score (nSPS) is 12.5. The first-order chi connectivity index (χ1) is 16.1. The van der Waals surface area contributed by atoms with E-state index in [2.05, 4.69) is 32.6 Å². The van der Waals surface area contributed by atoms with Crippen molar-refractivity contribution in [2.45, 2.75) is 30.2 Å². The van der Waals surface area contributed by atoms with E-state index in [9.17, 15) is 4.79 Å². The van der Waals surface area contributed by atoms with Crippen molar-refractivity contribution < 1.29 is 14.3 Å². The molecule has 1 aliphatic rings. The monoisotopic (exact) mass is 462 g/mol. The lowest BCUT2D eigenvalue weighted by atomic mass is 10.2. The third-order valence-electron chi connectivity index (χ3n) is 5.17. The Kier molecular flexibility index (Phi) is 5.74. The molecule has 0 aliphatic carbocycles. The Balaban J connectivity index is 1.27. The number of nitrogens with one attached hydrogen (secondary N) is 2. The van der Waals surface area contributed by atoms with Crippen molar-refractivity contribution in [2.24, 2.45) is 0 Å². The Morgan fingerprint density at radius 1 is 1.06 bits per heavy atom. The smallest absolute Gasteiger partial charge is 0.323 e. The lowest BCUT2D eigenvalue weighted by molar-refractivity contribution is 0.171. The Labute approximate surface area is 194 Å². The highest BCUT2D eigenvalue weighted by Crippen LogP contribution is 2.34. The van der Waals surface area contributed by atoms with Crippen LogP contribution >= 0.6 is 11.8 Å². The van der Waals surface area contributed by atoms with Gasteiger partial charge in [0.25, 0.3) is 5.78 Å². The molecule has 0 saturated heterocycles. The number of nitrogens with zero attached hydrogens (tertiary/aromatic N) is 4. The van der Waals surface area contributed by atoms with E-state index in [1.807, 2.05) is 31.2 Å². The van der Waals surface area contributed by atoms with Crippen LogP contribution in [0.2, 0.25) is 0 Å². The van der Waals surface area contributed by atoms with Gasteiger partial charge < -0.3 is 20.1 Å². The molecule has 0 radical (unpaired) electrons. The maximum atomic E-state index is 12.4. The fourth-order valence-corrected chi connectivity index (χ4v) is 4.73. The van der Waals surface area contributed by atoms with Crippen LogP contribution in [0.3, 0.4) is 0 Å². The summed E-state index contributed by atoms with van der Waals surface area (Å²) >= 11 is 1.60. The van der Waals surface area contributed by atoms with Crippen LogP contribution in [-0.4, -0.2) is 38.8 Å². The average molecular weight is 463 g/mol. The number of ether oxygens (including phenoxy) is 2. The number of rotatable bonds is 5. The molecule has 1 aliphatic heterocycles. The van der Waals surface area contributed by atoms with Gasteiger partial charge in [0.2, 0.25) is 0 Å². The Morgan fingerprint density at radius 2 is 1.79 bits per heavy atom. The second-order valence-electron chi connectivity index (χ2n) is 7.37. The highest BCUT2D eigenvalue weighted by atomic mass is 32.2. The predicted molar refractivity (Wildman–Crippen MR) is 126 cm³/mol. The summed E-state index contributed by atoms with van der Waals surface area (Å²) in [5.74, 6) is 1.89. The molecule has 0 unspecified atom stereocenters. The first-order valence-corrected chi connectivity index (χ1v) is 11.4. The van der Waals surface area contributed by atoms with E-state index in [1.165, 1.54) is 6.33 Å². The van der Waals surface area contributed by atoms with Gasteiger partial charge in [0.1, 0.15) is 24.6 Å². The molecule has 10 heteroatoms. The van der Waals surface area contributed by atoms with Gasteiger partial charge in [-0.3, -0.25) is 0 Å². The van der Waals surface area contributed by atoms with Gasteiger partial charge in [-0.25, -0.2) is 9.78 Å². The molecule has 2 aromatic heterocycles. The van der Waals surface area contributed by atoms with E-state index >= 15 is 0 Å². The van der Waals surface area contributed by atoms with Crippen LogP contribution in [0.4, 0.5) is 16.2 Å². The molecule has 2 aromatic carbocycles. The first-order valence-electron chi connectivity index (χ1n) is 10.6. The number of fused-ring (bicyclic) bond motifs is 2. The summed E-state index contributed by atoms with van der Waals surface area (Å²) in [6.07, 6.45) is 2.36. The highest BCUT2D eigenvalue weighted by Gasteiger charge is 2.15. The number of anilines is 2. The molecule has 2 N–H and O–H groups in total. The molecule has 33 heavy (non-hydrogen) atoms. The van der Waals surface area contributed by atoms with E-state index in [0.29, 0.717) is 41.9 Å². The summed E-state index contributed by atoms with van der Waals surface area (Å²) in [7, 11) is 0. The number of hydrogen-bond donors (Lipinski definition) is 2. The van der Waals surface area contributed by atoms with Crippen LogP contribution in [0.25, 0.3) is 5.78 Å². The number of carbonyl (C=O) groups excluding carboxylic acids is 1. The summed E-state index contributed by atoms with van der Waals surface area (Å²) in [6.45, 7) is 5.11. The maximum absolute atomic E-state index is 12.4. The van der Waals surface area contributed by atoms with Crippen molar-refractivity contribution in [1.82, 2.24) is 19.6 Å². The molecule has 0 fully saturated rings. The lowest BCUT2D eigenvalue weighted by Crippen LogP contribution is -2.20. The predicted octanol–water partition coefficient (Wildman–Crippen LogP) is 4.56. The number of aromatic nitrogens is 4. The molecule has 4 aromatic rings. The molecule has 0 spiro atoms. The molecular weight excluding hydrogens is 440 g/mol. The van der Waals surface area contributed by atoms with E-state index in [4.69, 9.17) is 9.47 Å². The molecule has 168 valence electrons. The SMILES string of the molecule is CCc1c(C)nc2ncnn2c1Sc1ccc(NC(=O)Nc2ccc3c(c2)OCCO3)cc1. The standard InChI is InChI=1S/C23H22N6O3S/c1-3-18-14(2)26-22-24-13-25-29(22)21(18)33-17-7-4-15(5-8-17)27-23(30)28-16-6-9-19-20(12-16)32-11-10-31-19/h4-9,12-13H,3,10-11H2,1-2H3,(H2,27,28,30). The Bertz CT molecular complexity index is 1320. The zero-order chi connectivity index (χ0) is 22.8. The molecule has 0 atom stereocenters. The summed E-state index contributed by atoms with van der Waals surface area (Å²) in [4.78, 5) is 22.2. The minimum absolute atomic E-state index is 0.338. The van der Waals surface area contributed by atoms with Crippen molar-refractivity contribution >= 4 is 34.9 Å². The van der Waals surface area contributed by atoms with Gasteiger partial charge in [-0.15, -0.1) is 0 Å². The molecule has 2 amide bonds. The second kappa shape index (κ2) is 8.99. The molecule has 9 nitrogen and oxygen atoms in total. The minimum Gasteiger partial charge on any atom is -0.486 e. The molecule has 0 bridgehead atoms. The number of benzene rings is 2. The molecule has 3 heterocycles. The fourth-order valence-electron chi connectivity index (χ4n) is 3.60. The fraction of sp³-hybridized carbons (Fsp3) is 0.217. The third kappa shape index (κ3) is 4.42. The summed E-state index contributed by atoms with van der Waals surface area (Å²) in [5.41, 5.74) is 3.40. The zero-order valence-corrected chi connectivity index (χ0v) is 19.0. The van der Waals surface area contributed by atoms with Crippen molar-refractivity contribution in [1.29, 1.82) is 0 Å². The number of hydrogen-bond acceptors (Lipinski definition) is 7. The number of urea groups is 1. The van der Waals surface area contributed by atoms with Crippen molar-refractivity contribution in [2.75, 3.05) is 23.8 Å². The average Bonchev–Trinajstić information content (AvgIpc) is 3.28. The van der Waals surface area contributed by atoms with Crippen LogP contribution in [0, 0.1) is 6.92 Å². The zero-order valence-electron chi connectivity index (χ0n) is 18.2. The van der Waals surface area contributed by atoms with E-state index in [1.54, 1.807) is 34.5 Å². The minimum atomic E-state index is -0.338. The summed E-state index contributed by atoms with van der Waals surface area (Å²) in [5, 5.41) is 11.0. The van der Waals surface area contributed by atoms with Crippen molar-refractivity contribution in [3.8, 4) is 11.5 Å². The Hall–Kier alpha value is -3.79. The second-order valence-corrected chi connectivity index (χ2v) is 8.43. The number of aryl methyl sites for hydroxylation is 1. The molecular formula is C23H22N6O3S. The van der Waals surface area contributed by atoms with Gasteiger partial charge in [-0.05, 0) is 49.7 Å². The topological polar surface area (TPSA) is 103 Å². The number of amides is 2.